The minimum Gasteiger partial charge on any atom is -0.353 e. The molecule has 0 atom stereocenters. The lowest BCUT2D eigenvalue weighted by Crippen LogP contribution is -2.25. The van der Waals surface area contributed by atoms with E-state index in [1.54, 1.807) is 0 Å². The second kappa shape index (κ2) is 5.45. The number of benzene rings is 1. The standard InChI is InChI=1S/C15H16N2O/c1-3-9-17(4-2)15-13(11-18)10-12-7-5-6-8-14(12)16-15/h3,5-8,10-11H,1,4,9H2,2H3. The summed E-state index contributed by atoms with van der Waals surface area (Å²) >= 11 is 0. The van der Waals surface area contributed by atoms with Crippen molar-refractivity contribution in [3.05, 3.63) is 48.6 Å². The van der Waals surface area contributed by atoms with E-state index in [0.29, 0.717) is 12.1 Å². The van der Waals surface area contributed by atoms with Crippen molar-refractivity contribution in [1.82, 2.24) is 4.98 Å². The Bertz CT molecular complexity index is 578. The van der Waals surface area contributed by atoms with Gasteiger partial charge in [-0.1, -0.05) is 24.3 Å². The number of aromatic nitrogens is 1. The van der Waals surface area contributed by atoms with Gasteiger partial charge in [-0.05, 0) is 19.1 Å². The monoisotopic (exact) mass is 240 g/mol. The van der Waals surface area contributed by atoms with Crippen LogP contribution < -0.4 is 4.90 Å². The van der Waals surface area contributed by atoms with Crippen molar-refractivity contribution in [2.24, 2.45) is 0 Å². The van der Waals surface area contributed by atoms with Crippen LogP contribution in [-0.4, -0.2) is 24.4 Å². The van der Waals surface area contributed by atoms with Gasteiger partial charge in [0.2, 0.25) is 0 Å². The topological polar surface area (TPSA) is 33.2 Å². The Kier molecular flexibility index (Phi) is 3.72. The van der Waals surface area contributed by atoms with Gasteiger partial charge in [0.1, 0.15) is 5.82 Å². The molecule has 1 heterocycles. The molecule has 92 valence electrons. The maximum atomic E-state index is 11.2. The first-order chi connectivity index (χ1) is 8.80. The van der Waals surface area contributed by atoms with Crippen molar-refractivity contribution in [3.8, 4) is 0 Å². The van der Waals surface area contributed by atoms with E-state index in [4.69, 9.17) is 0 Å². The molecule has 0 bridgehead atoms. The molecule has 0 fully saturated rings. The Hall–Kier alpha value is -2.16. The summed E-state index contributed by atoms with van der Waals surface area (Å²) in [4.78, 5) is 17.8. The van der Waals surface area contributed by atoms with Gasteiger partial charge in [0.15, 0.2) is 6.29 Å². The van der Waals surface area contributed by atoms with Crippen molar-refractivity contribution in [1.29, 1.82) is 0 Å². The third kappa shape index (κ3) is 2.25. The second-order valence-corrected chi connectivity index (χ2v) is 4.04. The number of para-hydroxylation sites is 1. The Morgan fingerprint density at radius 2 is 2.17 bits per heavy atom. The van der Waals surface area contributed by atoms with Crippen LogP contribution in [0.1, 0.15) is 17.3 Å². The molecule has 3 heteroatoms. The molecule has 0 aliphatic rings. The molecular formula is C15H16N2O. The quantitative estimate of drug-likeness (QED) is 0.595. The number of aldehydes is 1. The minimum atomic E-state index is 0.623. The van der Waals surface area contributed by atoms with Crippen molar-refractivity contribution in [2.45, 2.75) is 6.92 Å². The molecule has 3 nitrogen and oxygen atoms in total. The van der Waals surface area contributed by atoms with Gasteiger partial charge < -0.3 is 4.90 Å². The third-order valence-electron chi connectivity index (χ3n) is 2.89. The fraction of sp³-hybridized carbons (Fsp3) is 0.200. The number of carbonyl (C=O) groups excluding carboxylic acids is 1. The van der Waals surface area contributed by atoms with Gasteiger partial charge in [0.05, 0.1) is 11.1 Å². The maximum Gasteiger partial charge on any atom is 0.153 e. The van der Waals surface area contributed by atoms with E-state index in [-0.39, 0.29) is 0 Å². The number of hydrogen-bond acceptors (Lipinski definition) is 3. The molecule has 0 radical (unpaired) electrons. The fourth-order valence-electron chi connectivity index (χ4n) is 1.98. The highest BCUT2D eigenvalue weighted by Gasteiger charge is 2.11. The van der Waals surface area contributed by atoms with E-state index in [9.17, 15) is 4.79 Å². The van der Waals surface area contributed by atoms with Gasteiger partial charge >= 0.3 is 0 Å². The summed E-state index contributed by atoms with van der Waals surface area (Å²) in [5.74, 6) is 0.728. The second-order valence-electron chi connectivity index (χ2n) is 4.04. The van der Waals surface area contributed by atoms with Crippen LogP contribution in [0.5, 0.6) is 0 Å². The molecule has 0 N–H and O–H groups in total. The molecular weight excluding hydrogens is 224 g/mol. The number of hydrogen-bond donors (Lipinski definition) is 0. The minimum absolute atomic E-state index is 0.623. The van der Waals surface area contributed by atoms with Gasteiger partial charge in [0, 0.05) is 18.5 Å². The first-order valence-corrected chi connectivity index (χ1v) is 6.01. The van der Waals surface area contributed by atoms with Crippen LogP contribution in [-0.2, 0) is 0 Å². The van der Waals surface area contributed by atoms with Crippen molar-refractivity contribution in [3.63, 3.8) is 0 Å². The molecule has 0 spiro atoms. The summed E-state index contributed by atoms with van der Waals surface area (Å²) in [6.07, 6.45) is 2.68. The lowest BCUT2D eigenvalue weighted by molar-refractivity contribution is 0.112. The fourth-order valence-corrected chi connectivity index (χ4v) is 1.98. The van der Waals surface area contributed by atoms with E-state index < -0.39 is 0 Å². The Labute approximate surface area is 107 Å². The predicted molar refractivity (Wildman–Crippen MR) is 75.2 cm³/mol. The number of anilines is 1. The van der Waals surface area contributed by atoms with Crippen LogP contribution in [0, 0.1) is 0 Å². The van der Waals surface area contributed by atoms with Gasteiger partial charge in [-0.15, -0.1) is 6.58 Å². The molecule has 2 aromatic rings. The van der Waals surface area contributed by atoms with Crippen molar-refractivity contribution < 1.29 is 4.79 Å². The molecule has 18 heavy (non-hydrogen) atoms. The highest BCUT2D eigenvalue weighted by molar-refractivity contribution is 5.91. The largest absolute Gasteiger partial charge is 0.353 e. The van der Waals surface area contributed by atoms with Gasteiger partial charge in [-0.3, -0.25) is 4.79 Å². The highest BCUT2D eigenvalue weighted by Crippen LogP contribution is 2.22. The van der Waals surface area contributed by atoms with Crippen LogP contribution in [0.2, 0.25) is 0 Å². The number of nitrogens with zero attached hydrogens (tertiary/aromatic N) is 2. The number of pyridine rings is 1. The lowest BCUT2D eigenvalue weighted by Gasteiger charge is -2.22. The summed E-state index contributed by atoms with van der Waals surface area (Å²) in [6.45, 7) is 7.24. The number of rotatable bonds is 5. The zero-order valence-corrected chi connectivity index (χ0v) is 10.5. The Morgan fingerprint density at radius 3 is 2.83 bits per heavy atom. The number of carbonyl (C=O) groups is 1. The highest BCUT2D eigenvalue weighted by atomic mass is 16.1. The van der Waals surface area contributed by atoms with Crippen molar-refractivity contribution in [2.75, 3.05) is 18.0 Å². The summed E-state index contributed by atoms with van der Waals surface area (Å²) in [5, 5.41) is 0.984. The zero-order chi connectivity index (χ0) is 13.0. The number of fused-ring (bicyclic) bond motifs is 1. The summed E-state index contributed by atoms with van der Waals surface area (Å²) in [6, 6.07) is 9.69. The van der Waals surface area contributed by atoms with Crippen LogP contribution in [0.3, 0.4) is 0 Å². The molecule has 1 aromatic carbocycles. The average molecular weight is 240 g/mol. The van der Waals surface area contributed by atoms with E-state index in [1.807, 2.05) is 48.2 Å². The van der Waals surface area contributed by atoms with Gasteiger partial charge in [-0.25, -0.2) is 4.98 Å². The Morgan fingerprint density at radius 1 is 1.39 bits per heavy atom. The van der Waals surface area contributed by atoms with Gasteiger partial charge in [-0.2, -0.15) is 0 Å². The van der Waals surface area contributed by atoms with Crippen LogP contribution in [0.15, 0.2) is 43.0 Å². The normalized spacial score (nSPS) is 10.3. The SMILES string of the molecule is C=CCN(CC)c1nc2ccccc2cc1C=O. The number of likely N-dealkylation sites (N-methyl/N-ethyl adjacent to an activating group) is 1. The van der Waals surface area contributed by atoms with E-state index in [1.165, 1.54) is 0 Å². The zero-order valence-electron chi connectivity index (χ0n) is 10.5. The first-order valence-electron chi connectivity index (χ1n) is 6.01. The summed E-state index contributed by atoms with van der Waals surface area (Å²) in [7, 11) is 0. The van der Waals surface area contributed by atoms with Crippen LogP contribution in [0.25, 0.3) is 10.9 Å². The molecule has 0 unspecified atom stereocenters. The third-order valence-corrected chi connectivity index (χ3v) is 2.89. The van der Waals surface area contributed by atoms with Crippen molar-refractivity contribution >= 4 is 23.0 Å². The predicted octanol–water partition coefficient (Wildman–Crippen LogP) is 3.06. The van der Waals surface area contributed by atoms with E-state index in [2.05, 4.69) is 11.6 Å². The molecule has 0 saturated heterocycles. The molecule has 2 rings (SSSR count). The molecule has 0 saturated carbocycles. The molecule has 0 amide bonds. The average Bonchev–Trinajstić information content (AvgIpc) is 2.43. The smallest absolute Gasteiger partial charge is 0.153 e. The van der Waals surface area contributed by atoms with E-state index >= 15 is 0 Å². The lowest BCUT2D eigenvalue weighted by atomic mass is 10.1. The molecule has 1 aromatic heterocycles. The summed E-state index contributed by atoms with van der Waals surface area (Å²) < 4.78 is 0. The van der Waals surface area contributed by atoms with Crippen LogP contribution >= 0.6 is 0 Å². The van der Waals surface area contributed by atoms with Crippen LogP contribution in [0.4, 0.5) is 5.82 Å². The molecule has 0 aliphatic heterocycles. The first kappa shape index (κ1) is 12.3. The summed E-state index contributed by atoms with van der Waals surface area (Å²) in [5.41, 5.74) is 1.53. The molecule has 0 aliphatic carbocycles. The Balaban J connectivity index is 2.59. The van der Waals surface area contributed by atoms with Gasteiger partial charge in [0.25, 0.3) is 0 Å². The maximum absolute atomic E-state index is 11.2. The van der Waals surface area contributed by atoms with E-state index in [0.717, 1.165) is 29.6 Å².